The van der Waals surface area contributed by atoms with Gasteiger partial charge in [0.1, 0.15) is 9.84 Å². The molecule has 0 fully saturated rings. The lowest BCUT2D eigenvalue weighted by molar-refractivity contribution is 0.566. The Balaban J connectivity index is 2.84. The maximum absolute atomic E-state index is 11.3. The second-order valence-corrected chi connectivity index (χ2v) is 6.90. The first-order valence-corrected chi connectivity index (χ1v) is 7.79. The zero-order chi connectivity index (χ0) is 13.1. The smallest absolute Gasteiger partial charge is 0.148 e. The van der Waals surface area contributed by atoms with E-state index in [0.29, 0.717) is 0 Å². The van der Waals surface area contributed by atoms with E-state index in [4.69, 9.17) is 0 Å². The fraction of sp³-hybridized carbons (Fsp3) is 0.538. The van der Waals surface area contributed by atoms with Crippen LogP contribution in [0.15, 0.2) is 18.2 Å². The lowest BCUT2D eigenvalue weighted by Crippen LogP contribution is -2.34. The lowest BCUT2D eigenvalue weighted by Gasteiger charge is -2.17. The molecule has 0 amide bonds. The number of rotatable bonds is 5. The summed E-state index contributed by atoms with van der Waals surface area (Å²) in [5.74, 6) is 0.177. The first kappa shape index (κ1) is 14.2. The van der Waals surface area contributed by atoms with Crippen LogP contribution in [0.3, 0.4) is 0 Å². The zero-order valence-corrected chi connectivity index (χ0v) is 11.8. The highest BCUT2D eigenvalue weighted by Crippen LogP contribution is 2.13. The maximum atomic E-state index is 11.3. The molecule has 1 aromatic carbocycles. The van der Waals surface area contributed by atoms with Crippen LogP contribution in [0.4, 0.5) is 0 Å². The van der Waals surface area contributed by atoms with Gasteiger partial charge in [-0.3, -0.25) is 0 Å². The second kappa shape index (κ2) is 5.65. The van der Waals surface area contributed by atoms with E-state index in [1.807, 2.05) is 6.92 Å². The third-order valence-corrected chi connectivity index (χ3v) is 3.89. The summed E-state index contributed by atoms with van der Waals surface area (Å²) in [6.07, 6.45) is 2.03. The van der Waals surface area contributed by atoms with Gasteiger partial charge in [0.25, 0.3) is 0 Å². The van der Waals surface area contributed by atoms with Crippen LogP contribution in [-0.2, 0) is 16.3 Å². The van der Waals surface area contributed by atoms with Crippen LogP contribution in [0, 0.1) is 13.8 Å². The van der Waals surface area contributed by atoms with E-state index in [1.165, 1.54) is 22.9 Å². The number of aryl methyl sites for hydroxylation is 2. The molecule has 1 aromatic rings. The van der Waals surface area contributed by atoms with Crippen molar-refractivity contribution in [1.82, 2.24) is 5.32 Å². The van der Waals surface area contributed by atoms with E-state index < -0.39 is 9.84 Å². The molecule has 1 N–H and O–H groups in total. The molecular formula is C13H21NO2S. The van der Waals surface area contributed by atoms with E-state index in [0.717, 1.165) is 6.42 Å². The largest absolute Gasteiger partial charge is 0.316 e. The molecule has 4 heteroatoms. The molecule has 3 nitrogen and oxygen atoms in total. The third-order valence-electron chi connectivity index (χ3n) is 2.88. The first-order chi connectivity index (χ1) is 7.81. The Kier molecular flexibility index (Phi) is 4.71. The number of hydrogen-bond donors (Lipinski definition) is 1. The summed E-state index contributed by atoms with van der Waals surface area (Å²) in [4.78, 5) is 0. The Morgan fingerprint density at radius 1 is 1.29 bits per heavy atom. The molecule has 0 bridgehead atoms. The Morgan fingerprint density at radius 3 is 2.47 bits per heavy atom. The van der Waals surface area contributed by atoms with E-state index in [9.17, 15) is 8.42 Å². The summed E-state index contributed by atoms with van der Waals surface area (Å²) in [6, 6.07) is 6.26. The van der Waals surface area contributed by atoms with Crippen LogP contribution in [0.5, 0.6) is 0 Å². The van der Waals surface area contributed by atoms with Gasteiger partial charge < -0.3 is 5.32 Å². The number of likely N-dealkylation sites (N-methyl/N-ethyl adjacent to an activating group) is 1. The molecule has 0 aliphatic carbocycles. The number of hydrogen-bond acceptors (Lipinski definition) is 3. The van der Waals surface area contributed by atoms with Crippen LogP contribution in [0.2, 0.25) is 0 Å². The molecule has 0 aromatic heterocycles. The van der Waals surface area contributed by atoms with Crippen molar-refractivity contribution in [3.8, 4) is 0 Å². The summed E-state index contributed by atoms with van der Waals surface area (Å²) in [5, 5.41) is 3.07. The molecule has 0 aliphatic heterocycles. The van der Waals surface area contributed by atoms with Gasteiger partial charge in [0.05, 0.1) is 5.75 Å². The number of sulfone groups is 1. The monoisotopic (exact) mass is 255 g/mol. The van der Waals surface area contributed by atoms with Crippen molar-refractivity contribution in [2.75, 3.05) is 19.1 Å². The van der Waals surface area contributed by atoms with Crippen molar-refractivity contribution in [3.63, 3.8) is 0 Å². The molecule has 17 heavy (non-hydrogen) atoms. The minimum atomic E-state index is -2.94. The Bertz CT molecular complexity index is 480. The van der Waals surface area contributed by atoms with Crippen LogP contribution in [0.1, 0.15) is 16.7 Å². The molecule has 1 rings (SSSR count). The van der Waals surface area contributed by atoms with Crippen molar-refractivity contribution < 1.29 is 8.42 Å². The van der Waals surface area contributed by atoms with Gasteiger partial charge >= 0.3 is 0 Å². The van der Waals surface area contributed by atoms with Crippen molar-refractivity contribution in [2.24, 2.45) is 0 Å². The van der Waals surface area contributed by atoms with Crippen LogP contribution < -0.4 is 5.32 Å². The van der Waals surface area contributed by atoms with Crippen LogP contribution in [-0.4, -0.2) is 33.5 Å². The van der Waals surface area contributed by atoms with E-state index in [1.54, 1.807) is 7.05 Å². The van der Waals surface area contributed by atoms with Gasteiger partial charge in [0, 0.05) is 12.3 Å². The Morgan fingerprint density at radius 2 is 1.94 bits per heavy atom. The third kappa shape index (κ3) is 4.88. The molecule has 0 aliphatic rings. The highest BCUT2D eigenvalue weighted by molar-refractivity contribution is 7.90. The fourth-order valence-corrected chi connectivity index (χ4v) is 2.91. The average Bonchev–Trinajstić information content (AvgIpc) is 2.20. The summed E-state index contributed by atoms with van der Waals surface area (Å²) in [6.45, 7) is 4.11. The highest BCUT2D eigenvalue weighted by atomic mass is 32.2. The maximum Gasteiger partial charge on any atom is 0.148 e. The molecule has 1 atom stereocenters. The summed E-state index contributed by atoms with van der Waals surface area (Å²) in [7, 11) is -1.13. The number of benzene rings is 1. The number of nitrogens with one attached hydrogen (secondary N) is 1. The fourth-order valence-electron chi connectivity index (χ4n) is 1.90. The SMILES string of the molecule is CNC(Cc1cc(C)ccc1C)CS(C)(=O)=O. The van der Waals surface area contributed by atoms with Crippen molar-refractivity contribution in [3.05, 3.63) is 34.9 Å². The first-order valence-electron chi connectivity index (χ1n) is 5.73. The highest BCUT2D eigenvalue weighted by Gasteiger charge is 2.15. The van der Waals surface area contributed by atoms with Crippen LogP contribution >= 0.6 is 0 Å². The molecule has 0 saturated carbocycles. The van der Waals surface area contributed by atoms with Gasteiger partial charge in [0.2, 0.25) is 0 Å². The molecule has 0 saturated heterocycles. The Labute approximate surface area is 104 Å². The van der Waals surface area contributed by atoms with Gasteiger partial charge in [-0.1, -0.05) is 23.8 Å². The molecular weight excluding hydrogens is 234 g/mol. The van der Waals surface area contributed by atoms with Gasteiger partial charge in [-0.25, -0.2) is 8.42 Å². The van der Waals surface area contributed by atoms with Crippen molar-refractivity contribution in [1.29, 1.82) is 0 Å². The summed E-state index contributed by atoms with van der Waals surface area (Å²) >= 11 is 0. The van der Waals surface area contributed by atoms with Gasteiger partial charge in [-0.15, -0.1) is 0 Å². The predicted octanol–water partition coefficient (Wildman–Crippen LogP) is 1.48. The standard InChI is InChI=1S/C13H21NO2S/c1-10-5-6-11(2)12(7-10)8-13(14-3)9-17(4,15)16/h5-7,13-14H,8-9H2,1-4H3. The van der Waals surface area contributed by atoms with Crippen LogP contribution in [0.25, 0.3) is 0 Å². The molecule has 1 unspecified atom stereocenters. The molecule has 0 heterocycles. The Hall–Kier alpha value is -0.870. The lowest BCUT2D eigenvalue weighted by atomic mass is 10.00. The quantitative estimate of drug-likeness (QED) is 0.867. The van der Waals surface area contributed by atoms with E-state index in [2.05, 4.69) is 30.4 Å². The summed E-state index contributed by atoms with van der Waals surface area (Å²) in [5.41, 5.74) is 3.64. The van der Waals surface area contributed by atoms with Crippen molar-refractivity contribution in [2.45, 2.75) is 26.3 Å². The minimum Gasteiger partial charge on any atom is -0.316 e. The zero-order valence-electron chi connectivity index (χ0n) is 10.9. The average molecular weight is 255 g/mol. The van der Waals surface area contributed by atoms with Gasteiger partial charge in [-0.2, -0.15) is 0 Å². The predicted molar refractivity (Wildman–Crippen MR) is 72.2 cm³/mol. The second-order valence-electron chi connectivity index (χ2n) is 4.71. The van der Waals surface area contributed by atoms with Gasteiger partial charge in [0.15, 0.2) is 0 Å². The normalized spacial score (nSPS) is 13.6. The van der Waals surface area contributed by atoms with E-state index in [-0.39, 0.29) is 11.8 Å². The molecule has 0 radical (unpaired) electrons. The molecule has 96 valence electrons. The topological polar surface area (TPSA) is 46.2 Å². The van der Waals surface area contributed by atoms with Crippen molar-refractivity contribution >= 4 is 9.84 Å². The van der Waals surface area contributed by atoms with Gasteiger partial charge in [-0.05, 0) is 38.4 Å². The molecule has 0 spiro atoms. The van der Waals surface area contributed by atoms with E-state index >= 15 is 0 Å². The summed E-state index contributed by atoms with van der Waals surface area (Å²) < 4.78 is 22.6. The minimum absolute atomic E-state index is 0.0227.